The minimum Gasteiger partial charge on any atom is -0.299 e. The molecule has 2 bridgehead atoms. The molecule has 1 aromatic carbocycles. The van der Waals surface area contributed by atoms with E-state index >= 15 is 0 Å². The first-order chi connectivity index (χ1) is 9.45. The molecule has 2 aliphatic rings. The Morgan fingerprint density at radius 3 is 2.60 bits per heavy atom. The molecule has 0 spiro atoms. The van der Waals surface area contributed by atoms with Crippen LogP contribution in [0.4, 0.5) is 5.69 Å². The molecular formula is C17H22N2O. The van der Waals surface area contributed by atoms with Crippen molar-refractivity contribution < 1.29 is 4.79 Å². The number of ketones is 1. The molecule has 2 atom stereocenters. The summed E-state index contributed by atoms with van der Waals surface area (Å²) in [5.74, 6) is 0.571. The lowest BCUT2D eigenvalue weighted by Gasteiger charge is -2.45. The van der Waals surface area contributed by atoms with E-state index < -0.39 is 0 Å². The van der Waals surface area contributed by atoms with Gasteiger partial charge in [0.05, 0.1) is 11.4 Å². The Labute approximate surface area is 120 Å². The van der Waals surface area contributed by atoms with Crippen LogP contribution < -0.4 is 5.43 Å². The van der Waals surface area contributed by atoms with E-state index in [0.29, 0.717) is 12.2 Å². The van der Waals surface area contributed by atoms with E-state index in [9.17, 15) is 4.79 Å². The summed E-state index contributed by atoms with van der Waals surface area (Å²) < 4.78 is 0. The summed E-state index contributed by atoms with van der Waals surface area (Å²) in [6.07, 6.45) is 2.57. The number of anilines is 1. The predicted molar refractivity (Wildman–Crippen MR) is 81.7 cm³/mol. The second-order valence-corrected chi connectivity index (χ2v) is 6.82. The smallest absolute Gasteiger partial charge is 0.142 e. The number of hydrogen-bond donors (Lipinski definition) is 1. The molecule has 1 aromatic rings. The Balaban J connectivity index is 1.91. The summed E-state index contributed by atoms with van der Waals surface area (Å²) in [5.41, 5.74) is 5.15. The number of nitrogens with one attached hydrogen (secondary N) is 1. The van der Waals surface area contributed by atoms with Crippen molar-refractivity contribution in [3.63, 3.8) is 0 Å². The number of nitrogens with zero attached hydrogens (tertiary/aromatic N) is 1. The molecule has 2 saturated carbocycles. The van der Waals surface area contributed by atoms with Crippen LogP contribution in [0.25, 0.3) is 0 Å². The number of Topliss-reactive ketones (excluding diaryl/α,β-unsaturated/α-hetero) is 1. The lowest BCUT2D eigenvalue weighted by Crippen LogP contribution is -2.48. The van der Waals surface area contributed by atoms with Gasteiger partial charge in [-0.05, 0) is 30.4 Å². The van der Waals surface area contributed by atoms with Crippen LogP contribution in [0.5, 0.6) is 0 Å². The molecule has 0 amide bonds. The van der Waals surface area contributed by atoms with Crippen LogP contribution in [0, 0.1) is 16.7 Å². The van der Waals surface area contributed by atoms with E-state index in [0.717, 1.165) is 24.2 Å². The van der Waals surface area contributed by atoms with Crippen LogP contribution in [0.15, 0.2) is 35.4 Å². The van der Waals surface area contributed by atoms with Crippen molar-refractivity contribution in [2.75, 3.05) is 5.43 Å². The zero-order valence-corrected chi connectivity index (χ0v) is 12.4. The van der Waals surface area contributed by atoms with Gasteiger partial charge in [0.25, 0.3) is 0 Å². The molecule has 106 valence electrons. The maximum absolute atomic E-state index is 12.3. The van der Waals surface area contributed by atoms with Gasteiger partial charge >= 0.3 is 0 Å². The van der Waals surface area contributed by atoms with E-state index in [-0.39, 0.29) is 16.7 Å². The SMILES string of the molecule is CC1(C)[C@@H]2CC[C@]1(C)/C(=N\Nc1ccccc1)CC2=O. The monoisotopic (exact) mass is 270 g/mol. The van der Waals surface area contributed by atoms with Crippen molar-refractivity contribution in [3.8, 4) is 0 Å². The van der Waals surface area contributed by atoms with Crippen molar-refractivity contribution in [1.29, 1.82) is 0 Å². The highest BCUT2D eigenvalue weighted by Gasteiger charge is 2.59. The minimum absolute atomic E-state index is 0.0134. The van der Waals surface area contributed by atoms with Crippen molar-refractivity contribution in [2.24, 2.45) is 21.8 Å². The molecule has 3 rings (SSSR count). The van der Waals surface area contributed by atoms with Gasteiger partial charge in [0, 0.05) is 17.8 Å². The average molecular weight is 270 g/mol. The van der Waals surface area contributed by atoms with Crippen molar-refractivity contribution in [2.45, 2.75) is 40.0 Å². The Hall–Kier alpha value is -1.64. The first kappa shape index (κ1) is 13.3. The molecule has 0 aromatic heterocycles. The summed E-state index contributed by atoms with van der Waals surface area (Å²) in [6, 6.07) is 9.91. The van der Waals surface area contributed by atoms with E-state index in [1.54, 1.807) is 0 Å². The molecule has 0 aliphatic heterocycles. The molecule has 0 radical (unpaired) electrons. The van der Waals surface area contributed by atoms with Gasteiger partial charge in [-0.2, -0.15) is 5.10 Å². The summed E-state index contributed by atoms with van der Waals surface area (Å²) in [7, 11) is 0. The molecule has 3 nitrogen and oxygen atoms in total. The number of fused-ring (bicyclic) bond motifs is 2. The summed E-state index contributed by atoms with van der Waals surface area (Å²) in [5, 5.41) is 4.60. The van der Waals surface area contributed by atoms with Gasteiger partial charge in [-0.15, -0.1) is 0 Å². The average Bonchev–Trinajstić information content (AvgIpc) is 2.58. The highest BCUT2D eigenvalue weighted by Crippen LogP contribution is 2.60. The summed E-state index contributed by atoms with van der Waals surface area (Å²) >= 11 is 0. The molecule has 20 heavy (non-hydrogen) atoms. The number of para-hydroxylation sites is 1. The lowest BCUT2D eigenvalue weighted by atomic mass is 9.58. The maximum Gasteiger partial charge on any atom is 0.142 e. The summed E-state index contributed by atoms with van der Waals surface area (Å²) in [4.78, 5) is 12.3. The van der Waals surface area contributed by atoms with Crippen LogP contribution in [0.3, 0.4) is 0 Å². The fourth-order valence-corrected chi connectivity index (χ4v) is 3.87. The Kier molecular flexibility index (Phi) is 2.96. The van der Waals surface area contributed by atoms with Gasteiger partial charge in [-0.25, -0.2) is 0 Å². The standard InChI is InChI=1S/C17H22N2O/c1-16(2)13-9-10-17(16,3)15(11-14(13)20)19-18-12-7-5-4-6-8-12/h4-8,13,18H,9-11H2,1-3H3/b19-15-/t13-,17-/m1/s1. The van der Waals surface area contributed by atoms with Crippen molar-refractivity contribution in [3.05, 3.63) is 30.3 Å². The van der Waals surface area contributed by atoms with Gasteiger partial charge < -0.3 is 0 Å². The molecule has 3 heteroatoms. The Morgan fingerprint density at radius 2 is 1.90 bits per heavy atom. The summed E-state index contributed by atoms with van der Waals surface area (Å²) in [6.45, 7) is 6.71. The zero-order chi connectivity index (χ0) is 14.4. The molecule has 2 fully saturated rings. The quantitative estimate of drug-likeness (QED) is 0.829. The first-order valence-electron chi connectivity index (χ1n) is 7.36. The molecule has 1 N–H and O–H groups in total. The van der Waals surface area contributed by atoms with Gasteiger partial charge in [0.2, 0.25) is 0 Å². The third-order valence-electron chi connectivity index (χ3n) is 5.69. The Bertz CT molecular complexity index is 562. The minimum atomic E-state index is 0.0134. The normalized spacial score (nSPS) is 33.5. The van der Waals surface area contributed by atoms with Crippen LogP contribution >= 0.6 is 0 Å². The van der Waals surface area contributed by atoms with Gasteiger partial charge in [0.1, 0.15) is 5.78 Å². The lowest BCUT2D eigenvalue weighted by molar-refractivity contribution is -0.126. The Morgan fingerprint density at radius 1 is 1.20 bits per heavy atom. The van der Waals surface area contributed by atoms with Gasteiger partial charge in [0.15, 0.2) is 0 Å². The van der Waals surface area contributed by atoms with E-state index in [4.69, 9.17) is 0 Å². The number of hydrazone groups is 1. The van der Waals surface area contributed by atoms with E-state index in [1.807, 2.05) is 30.3 Å². The third-order valence-corrected chi connectivity index (χ3v) is 5.69. The second kappa shape index (κ2) is 4.44. The van der Waals surface area contributed by atoms with Crippen LogP contribution in [0.1, 0.15) is 40.0 Å². The van der Waals surface area contributed by atoms with Gasteiger partial charge in [-0.1, -0.05) is 39.0 Å². The van der Waals surface area contributed by atoms with Crippen LogP contribution in [-0.2, 0) is 4.79 Å². The number of benzene rings is 1. The van der Waals surface area contributed by atoms with E-state index in [2.05, 4.69) is 31.3 Å². The molecular weight excluding hydrogens is 248 g/mol. The number of carbonyl (C=O) groups is 1. The fourth-order valence-electron chi connectivity index (χ4n) is 3.87. The highest BCUT2D eigenvalue weighted by atomic mass is 16.1. The second-order valence-electron chi connectivity index (χ2n) is 6.82. The maximum atomic E-state index is 12.3. The zero-order valence-electron chi connectivity index (χ0n) is 12.4. The van der Waals surface area contributed by atoms with E-state index in [1.165, 1.54) is 0 Å². The molecule has 0 saturated heterocycles. The number of hydrogen-bond acceptors (Lipinski definition) is 3. The number of carbonyl (C=O) groups excluding carboxylic acids is 1. The fraction of sp³-hybridized carbons (Fsp3) is 0.529. The topological polar surface area (TPSA) is 41.5 Å². The largest absolute Gasteiger partial charge is 0.299 e. The highest BCUT2D eigenvalue weighted by molar-refractivity contribution is 6.10. The van der Waals surface area contributed by atoms with Crippen LogP contribution in [0.2, 0.25) is 0 Å². The van der Waals surface area contributed by atoms with Crippen molar-refractivity contribution in [1.82, 2.24) is 0 Å². The third kappa shape index (κ3) is 1.80. The van der Waals surface area contributed by atoms with Crippen molar-refractivity contribution >= 4 is 17.2 Å². The molecule has 0 unspecified atom stereocenters. The van der Waals surface area contributed by atoms with Gasteiger partial charge in [-0.3, -0.25) is 10.2 Å². The first-order valence-corrected chi connectivity index (χ1v) is 7.36. The number of rotatable bonds is 2. The predicted octanol–water partition coefficient (Wildman–Crippen LogP) is 3.87. The molecule has 2 aliphatic carbocycles. The van der Waals surface area contributed by atoms with Crippen LogP contribution in [-0.4, -0.2) is 11.5 Å². The molecule has 0 heterocycles.